The van der Waals surface area contributed by atoms with E-state index < -0.39 is 10.7 Å². The molecule has 0 saturated carbocycles. The van der Waals surface area contributed by atoms with Crippen LogP contribution in [0.1, 0.15) is 10.4 Å². The molecule has 0 bridgehead atoms. The Balaban J connectivity index is 3.31. The predicted molar refractivity (Wildman–Crippen MR) is 45.4 cm³/mol. The van der Waals surface area contributed by atoms with Gasteiger partial charge in [0.25, 0.3) is 0 Å². The summed E-state index contributed by atoms with van der Waals surface area (Å²) >= 11 is 5.57. The summed E-state index contributed by atoms with van der Waals surface area (Å²) in [7, 11) is -2.65. The van der Waals surface area contributed by atoms with Crippen molar-refractivity contribution in [3.8, 4) is 0 Å². The van der Waals surface area contributed by atoms with Crippen LogP contribution in [0.5, 0.6) is 0 Å². The van der Waals surface area contributed by atoms with E-state index in [1.165, 1.54) is 18.2 Å². The zero-order valence-electron chi connectivity index (χ0n) is 5.86. The van der Waals surface area contributed by atoms with Gasteiger partial charge in [-0.2, -0.15) is 0 Å². The van der Waals surface area contributed by atoms with Crippen LogP contribution in [0.4, 0.5) is 0 Å². The third kappa shape index (κ3) is 1.84. The van der Waals surface area contributed by atoms with E-state index in [0.29, 0.717) is 6.29 Å². The maximum Gasteiger partial charge on any atom is 0.168 e. The van der Waals surface area contributed by atoms with Crippen molar-refractivity contribution in [2.45, 2.75) is 4.90 Å². The molecule has 1 aromatic rings. The number of carbonyl (C=O) groups is 1. The van der Waals surface area contributed by atoms with Crippen molar-refractivity contribution in [1.82, 2.24) is 0 Å². The van der Waals surface area contributed by atoms with Crippen molar-refractivity contribution in [1.29, 1.82) is 0 Å². The summed E-state index contributed by atoms with van der Waals surface area (Å²) in [6.45, 7) is 0. The Bertz CT molecular complexity index is 376. The van der Waals surface area contributed by atoms with E-state index in [4.69, 9.17) is 11.6 Å². The normalized spacial score (nSPS) is 10.2. The standard InChI is InChI=1S/C7H5ClO3S/c8-7-2-1-6(12(10)11)3-5(7)4-9/h1-4,12H. The largest absolute Gasteiger partial charge is 0.298 e. The van der Waals surface area contributed by atoms with Crippen LogP contribution in [0.25, 0.3) is 0 Å². The minimum atomic E-state index is -2.65. The lowest BCUT2D eigenvalue weighted by atomic mass is 10.2. The first kappa shape index (κ1) is 9.22. The molecule has 0 aliphatic carbocycles. The summed E-state index contributed by atoms with van der Waals surface area (Å²) in [5, 5.41) is 0.255. The molecule has 1 rings (SSSR count). The second-order valence-corrected chi connectivity index (χ2v) is 3.52. The summed E-state index contributed by atoms with van der Waals surface area (Å²) < 4.78 is 20.9. The first-order valence-corrected chi connectivity index (χ1v) is 4.60. The van der Waals surface area contributed by atoms with Crippen molar-refractivity contribution >= 4 is 28.6 Å². The Morgan fingerprint density at radius 1 is 1.33 bits per heavy atom. The molecule has 3 nitrogen and oxygen atoms in total. The second-order valence-electron chi connectivity index (χ2n) is 2.08. The smallest absolute Gasteiger partial charge is 0.168 e. The minimum absolute atomic E-state index is 0.0940. The lowest BCUT2D eigenvalue weighted by Crippen LogP contribution is -1.86. The number of thiol groups is 1. The Morgan fingerprint density at radius 3 is 2.50 bits per heavy atom. The van der Waals surface area contributed by atoms with E-state index in [9.17, 15) is 13.2 Å². The first-order valence-electron chi connectivity index (χ1n) is 3.04. The van der Waals surface area contributed by atoms with Crippen molar-refractivity contribution in [3.05, 3.63) is 28.8 Å². The van der Waals surface area contributed by atoms with Crippen LogP contribution in [-0.2, 0) is 10.7 Å². The van der Waals surface area contributed by atoms with Gasteiger partial charge in [-0.3, -0.25) is 4.79 Å². The topological polar surface area (TPSA) is 51.2 Å². The Morgan fingerprint density at radius 2 is 2.00 bits per heavy atom. The van der Waals surface area contributed by atoms with Gasteiger partial charge < -0.3 is 0 Å². The fraction of sp³-hybridized carbons (Fsp3) is 0. The van der Waals surface area contributed by atoms with E-state index in [0.717, 1.165) is 0 Å². The number of halogens is 1. The van der Waals surface area contributed by atoms with E-state index in [1.807, 2.05) is 0 Å². The molecule has 5 heteroatoms. The maximum absolute atomic E-state index is 10.5. The third-order valence-corrected chi connectivity index (χ3v) is 2.36. The van der Waals surface area contributed by atoms with Crippen LogP contribution in [-0.4, -0.2) is 14.7 Å². The van der Waals surface area contributed by atoms with Crippen molar-refractivity contribution in [3.63, 3.8) is 0 Å². The molecule has 1 aromatic carbocycles. The number of carbonyl (C=O) groups excluding carboxylic acids is 1. The van der Waals surface area contributed by atoms with Crippen molar-refractivity contribution in [2.75, 3.05) is 0 Å². The first-order chi connectivity index (χ1) is 5.65. The van der Waals surface area contributed by atoms with Gasteiger partial charge in [-0.05, 0) is 18.2 Å². The van der Waals surface area contributed by atoms with Gasteiger partial charge in [0.05, 0.1) is 9.92 Å². The highest BCUT2D eigenvalue weighted by molar-refractivity contribution is 7.72. The van der Waals surface area contributed by atoms with Gasteiger partial charge in [-0.1, -0.05) is 11.6 Å². The van der Waals surface area contributed by atoms with Crippen LogP contribution in [0, 0.1) is 0 Å². The zero-order valence-corrected chi connectivity index (χ0v) is 7.51. The van der Waals surface area contributed by atoms with Gasteiger partial charge in [-0.25, -0.2) is 8.42 Å². The third-order valence-electron chi connectivity index (χ3n) is 1.32. The molecule has 0 heterocycles. The van der Waals surface area contributed by atoms with E-state index in [2.05, 4.69) is 0 Å². The van der Waals surface area contributed by atoms with E-state index in [-0.39, 0.29) is 15.5 Å². The highest BCUT2D eigenvalue weighted by atomic mass is 35.5. The van der Waals surface area contributed by atoms with Gasteiger partial charge >= 0.3 is 0 Å². The molecule has 0 atom stereocenters. The average Bonchev–Trinajstić information content (AvgIpc) is 2.05. The molecule has 0 saturated heterocycles. The van der Waals surface area contributed by atoms with E-state index in [1.54, 1.807) is 0 Å². The number of hydrogen-bond donors (Lipinski definition) is 1. The monoisotopic (exact) mass is 204 g/mol. The fourth-order valence-corrected chi connectivity index (χ4v) is 1.34. The molecule has 0 radical (unpaired) electrons. The molecule has 0 aliphatic rings. The Hall–Kier alpha value is -0.870. The molecule has 64 valence electrons. The summed E-state index contributed by atoms with van der Waals surface area (Å²) in [6, 6.07) is 3.97. The molecule has 0 aromatic heterocycles. The number of rotatable bonds is 2. The average molecular weight is 205 g/mol. The summed E-state index contributed by atoms with van der Waals surface area (Å²) in [5.74, 6) is 0. The molecule has 0 fully saturated rings. The number of aldehydes is 1. The zero-order chi connectivity index (χ0) is 9.14. The van der Waals surface area contributed by atoms with Crippen LogP contribution < -0.4 is 0 Å². The van der Waals surface area contributed by atoms with Crippen LogP contribution in [0.3, 0.4) is 0 Å². The summed E-state index contributed by atoms with van der Waals surface area (Å²) in [4.78, 5) is 10.4. The lowest BCUT2D eigenvalue weighted by molar-refractivity contribution is 0.112. The van der Waals surface area contributed by atoms with Crippen LogP contribution in [0.2, 0.25) is 5.02 Å². The maximum atomic E-state index is 10.5. The van der Waals surface area contributed by atoms with Crippen molar-refractivity contribution in [2.24, 2.45) is 0 Å². The molecular weight excluding hydrogens is 200 g/mol. The highest BCUT2D eigenvalue weighted by Gasteiger charge is 2.01. The van der Waals surface area contributed by atoms with Gasteiger partial charge in [0.1, 0.15) is 0 Å². The number of benzene rings is 1. The molecule has 12 heavy (non-hydrogen) atoms. The molecule has 0 aliphatic heterocycles. The fourth-order valence-electron chi connectivity index (χ4n) is 0.735. The molecule has 0 N–H and O–H groups in total. The summed E-state index contributed by atoms with van der Waals surface area (Å²) in [6.07, 6.45) is 0.519. The molecule has 0 amide bonds. The molecular formula is C7H5ClO3S. The minimum Gasteiger partial charge on any atom is -0.298 e. The van der Waals surface area contributed by atoms with Gasteiger partial charge in [0, 0.05) is 5.56 Å². The van der Waals surface area contributed by atoms with Crippen LogP contribution >= 0.6 is 11.6 Å². The van der Waals surface area contributed by atoms with Gasteiger partial charge in [0.2, 0.25) is 0 Å². The van der Waals surface area contributed by atoms with Gasteiger partial charge in [-0.15, -0.1) is 0 Å². The predicted octanol–water partition coefficient (Wildman–Crippen LogP) is 1.12. The highest BCUT2D eigenvalue weighted by Crippen LogP contribution is 2.16. The Labute approximate surface area is 75.9 Å². The van der Waals surface area contributed by atoms with Gasteiger partial charge in [0.15, 0.2) is 17.0 Å². The number of hydrogen-bond acceptors (Lipinski definition) is 3. The lowest BCUT2D eigenvalue weighted by Gasteiger charge is -1.95. The Kier molecular flexibility index (Phi) is 2.83. The second kappa shape index (κ2) is 3.69. The quantitative estimate of drug-likeness (QED) is 0.580. The van der Waals surface area contributed by atoms with E-state index >= 15 is 0 Å². The molecule has 0 spiro atoms. The molecule has 0 unspecified atom stereocenters. The summed E-state index contributed by atoms with van der Waals surface area (Å²) in [5.41, 5.74) is 0.188. The SMILES string of the molecule is O=Cc1cc([SH](=O)=O)ccc1Cl. The van der Waals surface area contributed by atoms with Crippen molar-refractivity contribution < 1.29 is 13.2 Å². The van der Waals surface area contributed by atoms with Crippen LogP contribution in [0.15, 0.2) is 23.1 Å².